The Hall–Kier alpha value is -3.79. The molecule has 0 saturated carbocycles. The molecule has 4 aromatic rings. The van der Waals surface area contributed by atoms with Gasteiger partial charge in [-0.15, -0.1) is 0 Å². The number of methoxy groups -OCH3 is 1. The molecule has 0 radical (unpaired) electrons. The van der Waals surface area contributed by atoms with Crippen molar-refractivity contribution in [2.24, 2.45) is 0 Å². The van der Waals surface area contributed by atoms with E-state index in [0.29, 0.717) is 29.9 Å². The maximum atomic E-state index is 12.7. The molecular weight excluding hydrogens is 408 g/mol. The van der Waals surface area contributed by atoms with Crippen LogP contribution < -0.4 is 15.4 Å². The molecular formula is C22H24N8O2. The molecule has 0 amide bonds. The van der Waals surface area contributed by atoms with Crippen molar-refractivity contribution in [1.29, 1.82) is 0 Å². The Morgan fingerprint density at radius 1 is 1.06 bits per heavy atom. The molecule has 1 aliphatic heterocycles. The van der Waals surface area contributed by atoms with Crippen molar-refractivity contribution in [2.75, 3.05) is 49.7 Å². The van der Waals surface area contributed by atoms with Crippen LogP contribution in [0.4, 0.5) is 11.5 Å². The van der Waals surface area contributed by atoms with E-state index < -0.39 is 0 Å². The summed E-state index contributed by atoms with van der Waals surface area (Å²) >= 11 is 0. The third kappa shape index (κ3) is 3.92. The van der Waals surface area contributed by atoms with Gasteiger partial charge < -0.3 is 14.5 Å². The normalized spacial score (nSPS) is 14.3. The number of aromatic nitrogens is 6. The van der Waals surface area contributed by atoms with Crippen LogP contribution in [0.15, 0.2) is 60.2 Å². The number of anilines is 2. The molecule has 0 N–H and O–H groups in total. The predicted molar refractivity (Wildman–Crippen MR) is 121 cm³/mol. The van der Waals surface area contributed by atoms with E-state index in [9.17, 15) is 4.79 Å². The summed E-state index contributed by atoms with van der Waals surface area (Å²) in [6.07, 6.45) is 8.66. The molecule has 0 bridgehead atoms. The maximum Gasteiger partial charge on any atom is 0.261 e. The van der Waals surface area contributed by atoms with Crippen LogP contribution in [0.25, 0.3) is 16.7 Å². The van der Waals surface area contributed by atoms with Gasteiger partial charge in [-0.1, -0.05) is 0 Å². The highest BCUT2D eigenvalue weighted by molar-refractivity contribution is 5.81. The summed E-state index contributed by atoms with van der Waals surface area (Å²) in [5.41, 5.74) is 1.73. The second-order valence-corrected chi connectivity index (χ2v) is 7.60. The smallest absolute Gasteiger partial charge is 0.261 e. The number of benzene rings is 1. The highest BCUT2D eigenvalue weighted by atomic mass is 16.5. The van der Waals surface area contributed by atoms with Crippen LogP contribution in [0, 0.1) is 0 Å². The highest BCUT2D eigenvalue weighted by Gasteiger charge is 2.20. The first-order valence-corrected chi connectivity index (χ1v) is 10.5. The molecule has 4 heterocycles. The topological polar surface area (TPSA) is 94.2 Å². The second kappa shape index (κ2) is 8.75. The van der Waals surface area contributed by atoms with Gasteiger partial charge in [0.25, 0.3) is 5.56 Å². The van der Waals surface area contributed by atoms with Crippen LogP contribution in [-0.2, 0) is 11.3 Å². The van der Waals surface area contributed by atoms with Gasteiger partial charge in [0.1, 0.15) is 5.82 Å². The molecule has 1 saturated heterocycles. The molecule has 0 aliphatic carbocycles. The summed E-state index contributed by atoms with van der Waals surface area (Å²) in [6.45, 7) is 4.29. The Morgan fingerprint density at radius 2 is 1.88 bits per heavy atom. The third-order valence-corrected chi connectivity index (χ3v) is 5.66. The van der Waals surface area contributed by atoms with Crippen LogP contribution in [0.3, 0.4) is 0 Å². The van der Waals surface area contributed by atoms with Gasteiger partial charge in [0.2, 0.25) is 0 Å². The van der Waals surface area contributed by atoms with E-state index in [1.807, 2.05) is 30.5 Å². The standard InChI is InChI=1S/C22H24N8O2/c1-32-12-11-29-16-24-19-13-17(3-4-18(19)22(29)31)27-7-9-28(10-8-27)20-14-23-15-21(26-20)30-6-2-5-25-30/h2-6,13-16H,7-12H2,1H3. The lowest BCUT2D eigenvalue weighted by molar-refractivity contribution is 0.186. The number of rotatable bonds is 6. The Morgan fingerprint density at radius 3 is 2.66 bits per heavy atom. The van der Waals surface area contributed by atoms with Gasteiger partial charge in [-0.25, -0.2) is 14.6 Å². The number of ether oxygens (including phenoxy) is 1. The Kier molecular flexibility index (Phi) is 5.51. The van der Waals surface area contributed by atoms with Crippen molar-refractivity contribution >= 4 is 22.4 Å². The van der Waals surface area contributed by atoms with Gasteiger partial charge in [0.05, 0.1) is 42.8 Å². The molecule has 5 rings (SSSR count). The zero-order chi connectivity index (χ0) is 21.9. The number of nitrogens with zero attached hydrogens (tertiary/aromatic N) is 8. The third-order valence-electron chi connectivity index (χ3n) is 5.66. The molecule has 1 aliphatic rings. The summed E-state index contributed by atoms with van der Waals surface area (Å²) in [5, 5.41) is 4.85. The molecule has 1 fully saturated rings. The number of hydrogen-bond acceptors (Lipinski definition) is 8. The molecule has 10 heteroatoms. The van der Waals surface area contributed by atoms with E-state index >= 15 is 0 Å². The van der Waals surface area contributed by atoms with Crippen molar-refractivity contribution in [3.8, 4) is 5.82 Å². The van der Waals surface area contributed by atoms with Gasteiger partial charge in [-0.3, -0.25) is 14.3 Å². The van der Waals surface area contributed by atoms with E-state index in [-0.39, 0.29) is 5.56 Å². The molecule has 32 heavy (non-hydrogen) atoms. The van der Waals surface area contributed by atoms with Gasteiger partial charge in [0, 0.05) is 51.4 Å². The van der Waals surface area contributed by atoms with E-state index in [0.717, 1.165) is 37.7 Å². The van der Waals surface area contributed by atoms with Crippen LogP contribution in [0.5, 0.6) is 0 Å². The average Bonchev–Trinajstić information content (AvgIpc) is 3.39. The van der Waals surface area contributed by atoms with Crippen molar-refractivity contribution in [2.45, 2.75) is 6.54 Å². The first-order valence-electron chi connectivity index (χ1n) is 10.5. The minimum Gasteiger partial charge on any atom is -0.383 e. The van der Waals surface area contributed by atoms with Crippen molar-refractivity contribution < 1.29 is 4.74 Å². The van der Waals surface area contributed by atoms with E-state index in [2.05, 4.69) is 24.9 Å². The first-order chi connectivity index (χ1) is 15.7. The van der Waals surface area contributed by atoms with Crippen LogP contribution in [0.1, 0.15) is 0 Å². The Labute approximate surface area is 184 Å². The Balaban J connectivity index is 1.30. The molecule has 10 nitrogen and oxygen atoms in total. The predicted octanol–water partition coefficient (Wildman–Crippen LogP) is 1.35. The van der Waals surface area contributed by atoms with Gasteiger partial charge >= 0.3 is 0 Å². The lowest BCUT2D eigenvalue weighted by Crippen LogP contribution is -2.47. The van der Waals surface area contributed by atoms with E-state index in [1.165, 1.54) is 0 Å². The fourth-order valence-corrected chi connectivity index (χ4v) is 3.90. The fourth-order valence-electron chi connectivity index (χ4n) is 3.90. The number of fused-ring (bicyclic) bond motifs is 1. The summed E-state index contributed by atoms with van der Waals surface area (Å²) < 4.78 is 8.36. The monoisotopic (exact) mass is 432 g/mol. The van der Waals surface area contributed by atoms with Crippen LogP contribution in [0.2, 0.25) is 0 Å². The molecule has 164 valence electrons. The summed E-state index contributed by atoms with van der Waals surface area (Å²) in [6, 6.07) is 7.72. The summed E-state index contributed by atoms with van der Waals surface area (Å²) in [4.78, 5) is 30.7. The van der Waals surface area contributed by atoms with Crippen molar-refractivity contribution in [3.63, 3.8) is 0 Å². The fraction of sp³-hybridized carbons (Fsp3) is 0.318. The first kappa shape index (κ1) is 20.1. The van der Waals surface area contributed by atoms with E-state index in [4.69, 9.17) is 9.72 Å². The summed E-state index contributed by atoms with van der Waals surface area (Å²) in [7, 11) is 1.62. The highest BCUT2D eigenvalue weighted by Crippen LogP contribution is 2.22. The SMILES string of the molecule is COCCn1cnc2cc(N3CCN(c4cncc(-n5cccn5)n4)CC3)ccc2c1=O. The second-order valence-electron chi connectivity index (χ2n) is 7.60. The zero-order valence-corrected chi connectivity index (χ0v) is 17.8. The zero-order valence-electron chi connectivity index (χ0n) is 17.8. The van der Waals surface area contributed by atoms with Gasteiger partial charge in [-0.05, 0) is 24.3 Å². The Bertz CT molecular complexity index is 1260. The van der Waals surface area contributed by atoms with Gasteiger partial charge in [-0.2, -0.15) is 5.10 Å². The molecule has 1 aromatic carbocycles. The van der Waals surface area contributed by atoms with Crippen LogP contribution in [-0.4, -0.2) is 69.2 Å². The molecule has 0 atom stereocenters. The lowest BCUT2D eigenvalue weighted by Gasteiger charge is -2.36. The van der Waals surface area contributed by atoms with E-state index in [1.54, 1.807) is 41.3 Å². The molecule has 0 spiro atoms. The van der Waals surface area contributed by atoms with Crippen molar-refractivity contribution in [1.82, 2.24) is 29.3 Å². The number of hydrogen-bond donors (Lipinski definition) is 0. The molecule has 0 unspecified atom stereocenters. The van der Waals surface area contributed by atoms with Crippen LogP contribution >= 0.6 is 0 Å². The maximum absolute atomic E-state index is 12.7. The average molecular weight is 432 g/mol. The largest absolute Gasteiger partial charge is 0.383 e. The lowest BCUT2D eigenvalue weighted by atomic mass is 10.2. The van der Waals surface area contributed by atoms with Crippen molar-refractivity contribution in [3.05, 3.63) is 65.7 Å². The summed E-state index contributed by atoms with van der Waals surface area (Å²) in [5.74, 6) is 1.54. The number of piperazine rings is 1. The minimum absolute atomic E-state index is 0.0425. The quantitative estimate of drug-likeness (QED) is 0.451. The minimum atomic E-state index is -0.0425. The van der Waals surface area contributed by atoms with Gasteiger partial charge in [0.15, 0.2) is 5.82 Å². The molecule has 3 aromatic heterocycles.